The predicted molar refractivity (Wildman–Crippen MR) is 91.1 cm³/mol. The Morgan fingerprint density at radius 2 is 0.324 bits per heavy atom. The van der Waals surface area contributed by atoms with Crippen molar-refractivity contribution in [1.29, 1.82) is 0 Å². The molecular weight excluding hydrogens is 536 g/mol. The second kappa shape index (κ2) is 56.3. The van der Waals surface area contributed by atoms with Gasteiger partial charge in [0.1, 0.15) is 0 Å². The molecule has 0 aromatic heterocycles. The van der Waals surface area contributed by atoms with E-state index in [2.05, 4.69) is 0 Å². The first-order valence-electron chi connectivity index (χ1n) is 4.45. The van der Waals surface area contributed by atoms with Gasteiger partial charge < -0.3 is 82.1 Å². The molecule has 0 saturated carbocycles. The predicted octanol–water partition coefficient (Wildman–Crippen LogP) is -3.72. The number of hydrogen-bond donors (Lipinski definition) is 4. The molecule has 0 fully saturated rings. The van der Waals surface area contributed by atoms with Gasteiger partial charge in [-0.25, -0.2) is 0 Å². The molecular formula is CH8N8O24Si. The van der Waals surface area contributed by atoms with E-state index in [0.29, 0.717) is 0 Å². The minimum atomic E-state index is -1.75. The minimum Gasteiger partial charge on any atom is -0.356 e. The molecule has 0 bridgehead atoms. The number of hydrogen-bond acceptors (Lipinski definition) is 20. The molecule has 0 aliphatic heterocycles. The van der Waals surface area contributed by atoms with Gasteiger partial charge in [-0.15, -0.1) is 40.5 Å². The van der Waals surface area contributed by atoms with Crippen LogP contribution in [-0.4, -0.2) is 72.5 Å². The molecule has 33 heteroatoms. The fourth-order valence-corrected chi connectivity index (χ4v) is 0. The standard InChI is InChI=1S/C.4HNO3.4NO3.H4Si/c;8*2-1(3)4;/h;4*(H,2,3,4);;;;;1H4/q+4;;;;;4*-1;. The van der Waals surface area contributed by atoms with Crippen LogP contribution < -0.4 is 0 Å². The Balaban J connectivity index is -0.0000000240. The Hall–Kier alpha value is -6.18. The molecule has 0 spiro atoms. The second-order valence-corrected chi connectivity index (χ2v) is 1.85. The second-order valence-electron chi connectivity index (χ2n) is 1.85. The van der Waals surface area contributed by atoms with Crippen LogP contribution in [0.25, 0.3) is 0 Å². The van der Waals surface area contributed by atoms with E-state index in [1.807, 2.05) is 0 Å². The molecule has 0 amide bonds. The van der Waals surface area contributed by atoms with Crippen molar-refractivity contribution in [2.75, 3.05) is 0 Å². The first-order chi connectivity index (χ1) is 13.9. The van der Waals surface area contributed by atoms with Crippen LogP contribution in [0, 0.1) is 109 Å². The molecule has 0 aromatic carbocycles. The van der Waals surface area contributed by atoms with Crippen LogP contribution in [0.5, 0.6) is 0 Å². The van der Waals surface area contributed by atoms with Crippen LogP contribution in [-0.2, 0) is 0 Å². The fraction of sp³-hybridized carbons (Fsp3) is 0. The molecule has 0 atom stereocenters. The summed E-state index contributed by atoms with van der Waals surface area (Å²) in [5.41, 5.74) is 0. The smallest absolute Gasteiger partial charge is 0.356 e. The van der Waals surface area contributed by atoms with Crippen LogP contribution in [0.15, 0.2) is 0 Å². The average Bonchev–Trinajstić information content (AvgIpc) is 2.30. The maximum atomic E-state index is 8.36. The third-order valence-corrected chi connectivity index (χ3v) is 0. The summed E-state index contributed by atoms with van der Waals surface area (Å²) in [6.07, 6.45) is 0. The molecule has 0 saturated heterocycles. The van der Waals surface area contributed by atoms with Crippen molar-refractivity contribution in [3.8, 4) is 0 Å². The van der Waals surface area contributed by atoms with Crippen molar-refractivity contribution >= 4 is 11.0 Å². The van der Waals surface area contributed by atoms with Gasteiger partial charge >= 0.3 is 7.43 Å². The van der Waals surface area contributed by atoms with Gasteiger partial charge in [0.25, 0.3) is 20.3 Å². The Bertz CT molecular complexity index is 367. The van der Waals surface area contributed by atoms with E-state index < -0.39 is 40.7 Å². The normalized spacial score (nSPS) is 5.65. The number of nitrogens with zero attached hydrogens (tertiary/aromatic N) is 8. The third kappa shape index (κ3) is 416. The summed E-state index contributed by atoms with van der Waals surface area (Å²) in [6, 6.07) is 0. The summed E-state index contributed by atoms with van der Waals surface area (Å²) < 4.78 is 0. The molecule has 4 N–H and O–H groups in total. The van der Waals surface area contributed by atoms with Gasteiger partial charge in [0.2, 0.25) is 0 Å². The van der Waals surface area contributed by atoms with Gasteiger partial charge in [-0.05, 0) is 11.0 Å². The van der Waals surface area contributed by atoms with Crippen molar-refractivity contribution in [3.05, 3.63) is 109 Å². The quantitative estimate of drug-likeness (QED) is 0.129. The van der Waals surface area contributed by atoms with Crippen molar-refractivity contribution < 1.29 is 61.5 Å². The molecule has 0 radical (unpaired) electrons. The zero-order valence-electron chi connectivity index (χ0n) is 14.0. The molecule has 0 aromatic rings. The summed E-state index contributed by atoms with van der Waals surface area (Å²) in [5, 5.41) is 114. The van der Waals surface area contributed by atoms with E-state index in [1.165, 1.54) is 0 Å². The monoisotopic (exact) mass is 544 g/mol. The molecule has 200 valence electrons. The van der Waals surface area contributed by atoms with Crippen molar-refractivity contribution in [1.82, 2.24) is 0 Å². The molecule has 32 nitrogen and oxygen atoms in total. The maximum Gasteiger partial charge on any atom is 4.00 e. The third-order valence-electron chi connectivity index (χ3n) is 0. The SMILES string of the molecule is O=[N+]([O-])O.O=[N+]([O-])O.O=[N+]([O-])O.O=[N+]([O-])O.O=[N+]([O-])[O-].O=[N+]([O-])[O-].O=[N+]([O-])[O-].O=[N+]([O-])[O-].[C+4].[SiH4]. The van der Waals surface area contributed by atoms with Gasteiger partial charge in [0, 0.05) is 0 Å². The van der Waals surface area contributed by atoms with Crippen LogP contribution >= 0.6 is 0 Å². The summed E-state index contributed by atoms with van der Waals surface area (Å²) in [7, 11) is 0. The van der Waals surface area contributed by atoms with E-state index in [4.69, 9.17) is 123 Å². The zero-order valence-corrected chi connectivity index (χ0v) is 14.0. The van der Waals surface area contributed by atoms with Crippen molar-refractivity contribution in [3.63, 3.8) is 0 Å². The molecule has 0 aliphatic rings. The largest absolute Gasteiger partial charge is 4.00 e. The zero-order chi connectivity index (χ0) is 28.6. The minimum absolute atomic E-state index is 0. The molecule has 0 aliphatic carbocycles. The van der Waals surface area contributed by atoms with E-state index in [-0.39, 0.29) is 18.4 Å². The topological polar surface area (TPSA) is 518 Å². The van der Waals surface area contributed by atoms with E-state index >= 15 is 0 Å². The summed E-state index contributed by atoms with van der Waals surface area (Å²) in [4.78, 5) is 66.4. The van der Waals surface area contributed by atoms with Gasteiger partial charge in [0.15, 0.2) is 0 Å². The Labute approximate surface area is 183 Å². The molecule has 34 heavy (non-hydrogen) atoms. The first kappa shape index (κ1) is 63.0. The van der Waals surface area contributed by atoms with Crippen LogP contribution in [0.4, 0.5) is 0 Å². The van der Waals surface area contributed by atoms with Crippen LogP contribution in [0.2, 0.25) is 0 Å². The van der Waals surface area contributed by atoms with Crippen molar-refractivity contribution in [2.45, 2.75) is 0 Å². The van der Waals surface area contributed by atoms with Gasteiger partial charge in [-0.3, -0.25) is 0 Å². The fourth-order valence-electron chi connectivity index (χ4n) is 0. The molecule has 0 unspecified atom stereocenters. The molecule has 0 heterocycles. The van der Waals surface area contributed by atoms with E-state index in [9.17, 15) is 0 Å². The Morgan fingerprint density at radius 1 is 0.324 bits per heavy atom. The van der Waals surface area contributed by atoms with Gasteiger partial charge in [-0.2, -0.15) is 0 Å². The Kier molecular flexibility index (Phi) is 104. The number of rotatable bonds is 0. The average molecular weight is 544 g/mol. The van der Waals surface area contributed by atoms with Gasteiger partial charge in [0.05, 0.1) is 20.3 Å². The van der Waals surface area contributed by atoms with Gasteiger partial charge in [-0.1, -0.05) is 0 Å². The Morgan fingerprint density at radius 3 is 0.324 bits per heavy atom. The summed E-state index contributed by atoms with van der Waals surface area (Å²) in [6.45, 7) is 0. The first-order valence-corrected chi connectivity index (χ1v) is 4.45. The maximum absolute atomic E-state index is 8.36. The molecule has 0 rings (SSSR count). The van der Waals surface area contributed by atoms with E-state index in [0.717, 1.165) is 0 Å². The van der Waals surface area contributed by atoms with E-state index in [1.54, 1.807) is 0 Å². The van der Waals surface area contributed by atoms with Crippen LogP contribution in [0.3, 0.4) is 0 Å². The van der Waals surface area contributed by atoms with Crippen molar-refractivity contribution in [2.24, 2.45) is 0 Å². The summed E-state index contributed by atoms with van der Waals surface area (Å²) >= 11 is 0. The van der Waals surface area contributed by atoms with Crippen LogP contribution in [0.1, 0.15) is 0 Å². The summed E-state index contributed by atoms with van der Waals surface area (Å²) in [5.74, 6) is 0.